The van der Waals surface area contributed by atoms with Crippen LogP contribution in [0.3, 0.4) is 0 Å². The summed E-state index contributed by atoms with van der Waals surface area (Å²) in [4.78, 5) is 5.39. The van der Waals surface area contributed by atoms with Crippen molar-refractivity contribution in [2.45, 2.75) is 51.7 Å². The average molecular weight is 280 g/mol. The van der Waals surface area contributed by atoms with Crippen LogP contribution in [-0.4, -0.2) is 17.7 Å². The maximum Gasteiger partial charge on any atom is 0.389 e. The summed E-state index contributed by atoms with van der Waals surface area (Å²) in [5.74, 6) is 0. The SMILES string of the molecule is CC(C)(C)c1ncc(CNCCCC(F)(F)F)s1. The lowest BCUT2D eigenvalue weighted by Gasteiger charge is -2.13. The molecule has 0 saturated heterocycles. The van der Waals surface area contributed by atoms with Gasteiger partial charge < -0.3 is 5.32 Å². The lowest BCUT2D eigenvalue weighted by Crippen LogP contribution is -2.17. The fourth-order valence-corrected chi connectivity index (χ4v) is 2.30. The molecule has 0 fully saturated rings. The Labute approximate surface area is 110 Å². The fourth-order valence-electron chi connectivity index (χ4n) is 1.36. The van der Waals surface area contributed by atoms with Crippen LogP contribution in [0.4, 0.5) is 13.2 Å². The zero-order valence-corrected chi connectivity index (χ0v) is 11.7. The van der Waals surface area contributed by atoms with E-state index in [1.807, 2.05) is 0 Å². The van der Waals surface area contributed by atoms with Gasteiger partial charge in [-0.05, 0) is 13.0 Å². The molecule has 0 bridgehead atoms. The minimum absolute atomic E-state index is 0.0270. The molecular formula is C12H19F3N2S. The van der Waals surface area contributed by atoms with Gasteiger partial charge in [0.2, 0.25) is 0 Å². The number of alkyl halides is 3. The highest BCUT2D eigenvalue weighted by Gasteiger charge is 2.25. The van der Waals surface area contributed by atoms with Crippen LogP contribution >= 0.6 is 11.3 Å². The Morgan fingerprint density at radius 2 is 1.94 bits per heavy atom. The van der Waals surface area contributed by atoms with Gasteiger partial charge in [0.15, 0.2) is 0 Å². The van der Waals surface area contributed by atoms with Gasteiger partial charge in [0.05, 0.1) is 5.01 Å². The number of nitrogens with zero attached hydrogens (tertiary/aromatic N) is 1. The van der Waals surface area contributed by atoms with Crippen molar-refractivity contribution in [3.05, 3.63) is 16.1 Å². The van der Waals surface area contributed by atoms with Crippen molar-refractivity contribution in [3.63, 3.8) is 0 Å². The van der Waals surface area contributed by atoms with E-state index >= 15 is 0 Å². The van der Waals surface area contributed by atoms with E-state index in [2.05, 4.69) is 31.1 Å². The Balaban J connectivity index is 2.26. The van der Waals surface area contributed by atoms with Gasteiger partial charge in [0, 0.05) is 29.5 Å². The van der Waals surface area contributed by atoms with Gasteiger partial charge in [-0.2, -0.15) is 13.2 Å². The second-order valence-corrected chi connectivity index (χ2v) is 6.39. The van der Waals surface area contributed by atoms with Gasteiger partial charge in [-0.25, -0.2) is 4.98 Å². The molecule has 2 nitrogen and oxygen atoms in total. The van der Waals surface area contributed by atoms with Gasteiger partial charge in [-0.15, -0.1) is 11.3 Å². The Bertz CT molecular complexity index is 366. The van der Waals surface area contributed by atoms with Crippen LogP contribution in [0.5, 0.6) is 0 Å². The quantitative estimate of drug-likeness (QED) is 0.828. The van der Waals surface area contributed by atoms with Gasteiger partial charge >= 0.3 is 6.18 Å². The molecule has 104 valence electrons. The summed E-state index contributed by atoms with van der Waals surface area (Å²) in [6.45, 7) is 7.24. The third-order valence-corrected chi connectivity index (χ3v) is 3.73. The van der Waals surface area contributed by atoms with Crippen LogP contribution in [0.2, 0.25) is 0 Å². The summed E-state index contributed by atoms with van der Waals surface area (Å²) in [5.41, 5.74) is 0.0270. The van der Waals surface area contributed by atoms with E-state index in [-0.39, 0.29) is 11.8 Å². The Hall–Kier alpha value is -0.620. The number of thiazole rings is 1. The molecule has 1 aromatic heterocycles. The molecule has 1 N–H and O–H groups in total. The second-order valence-electron chi connectivity index (χ2n) is 5.28. The third-order valence-electron chi connectivity index (χ3n) is 2.31. The van der Waals surface area contributed by atoms with E-state index in [1.165, 1.54) is 0 Å². The third kappa shape index (κ3) is 5.82. The average Bonchev–Trinajstić information content (AvgIpc) is 2.63. The van der Waals surface area contributed by atoms with Crippen molar-refractivity contribution in [1.29, 1.82) is 0 Å². The predicted octanol–water partition coefficient (Wildman–Crippen LogP) is 3.87. The summed E-state index contributed by atoms with van der Waals surface area (Å²) < 4.78 is 35.7. The molecule has 6 heteroatoms. The molecule has 0 aliphatic heterocycles. The van der Waals surface area contributed by atoms with E-state index in [4.69, 9.17) is 0 Å². The van der Waals surface area contributed by atoms with Crippen LogP contribution in [0.15, 0.2) is 6.20 Å². The van der Waals surface area contributed by atoms with Crippen molar-refractivity contribution in [1.82, 2.24) is 10.3 Å². The lowest BCUT2D eigenvalue weighted by molar-refractivity contribution is -0.135. The second kappa shape index (κ2) is 6.02. The molecule has 0 aliphatic rings. The minimum Gasteiger partial charge on any atom is -0.312 e. The van der Waals surface area contributed by atoms with Crippen LogP contribution in [0, 0.1) is 0 Å². The van der Waals surface area contributed by atoms with Crippen molar-refractivity contribution >= 4 is 11.3 Å². The first-order chi connectivity index (χ1) is 8.18. The van der Waals surface area contributed by atoms with Crippen molar-refractivity contribution in [2.24, 2.45) is 0 Å². The maximum absolute atomic E-state index is 11.9. The van der Waals surface area contributed by atoms with Gasteiger partial charge in [0.25, 0.3) is 0 Å². The van der Waals surface area contributed by atoms with E-state index in [9.17, 15) is 13.2 Å². The summed E-state index contributed by atoms with van der Waals surface area (Å²) in [7, 11) is 0. The van der Waals surface area contributed by atoms with Gasteiger partial charge in [-0.1, -0.05) is 20.8 Å². The molecular weight excluding hydrogens is 261 g/mol. The normalized spacial score (nSPS) is 13.0. The molecule has 0 saturated carbocycles. The van der Waals surface area contributed by atoms with Crippen LogP contribution in [0.25, 0.3) is 0 Å². The van der Waals surface area contributed by atoms with Crippen LogP contribution < -0.4 is 5.32 Å². The van der Waals surface area contributed by atoms with Crippen molar-refractivity contribution in [2.75, 3.05) is 6.54 Å². The van der Waals surface area contributed by atoms with Crippen LogP contribution in [0.1, 0.15) is 43.5 Å². The molecule has 1 aromatic rings. The predicted molar refractivity (Wildman–Crippen MR) is 67.8 cm³/mol. The van der Waals surface area contributed by atoms with Crippen molar-refractivity contribution < 1.29 is 13.2 Å². The number of halogens is 3. The molecule has 0 radical (unpaired) electrons. The Morgan fingerprint density at radius 3 is 2.44 bits per heavy atom. The zero-order chi connectivity index (χ0) is 13.8. The smallest absolute Gasteiger partial charge is 0.312 e. The summed E-state index contributed by atoms with van der Waals surface area (Å²) in [5, 5.41) is 4.06. The standard InChI is InChI=1S/C12H19F3N2S/c1-11(2,3)10-17-8-9(18-10)7-16-6-4-5-12(13,14)15/h8,16H,4-7H2,1-3H3. The molecule has 18 heavy (non-hydrogen) atoms. The number of rotatable bonds is 5. The van der Waals surface area contributed by atoms with E-state index in [1.54, 1.807) is 17.5 Å². The van der Waals surface area contributed by atoms with Crippen molar-refractivity contribution in [3.8, 4) is 0 Å². The fraction of sp³-hybridized carbons (Fsp3) is 0.750. The highest BCUT2D eigenvalue weighted by atomic mass is 32.1. The Kier molecular flexibility index (Phi) is 5.16. The van der Waals surface area contributed by atoms with E-state index in [0.717, 1.165) is 9.88 Å². The maximum atomic E-state index is 11.9. The molecule has 1 rings (SSSR count). The molecule has 0 aromatic carbocycles. The molecule has 0 spiro atoms. The van der Waals surface area contributed by atoms with E-state index in [0.29, 0.717) is 13.1 Å². The summed E-state index contributed by atoms with van der Waals surface area (Å²) in [6.07, 6.45) is -2.86. The summed E-state index contributed by atoms with van der Waals surface area (Å²) >= 11 is 1.61. The first kappa shape index (κ1) is 15.4. The minimum atomic E-state index is -4.05. The first-order valence-electron chi connectivity index (χ1n) is 5.91. The van der Waals surface area contributed by atoms with Gasteiger partial charge in [-0.3, -0.25) is 0 Å². The first-order valence-corrected chi connectivity index (χ1v) is 6.73. The highest BCUT2D eigenvalue weighted by molar-refractivity contribution is 7.11. The molecule has 0 atom stereocenters. The number of nitrogens with one attached hydrogen (secondary N) is 1. The zero-order valence-electron chi connectivity index (χ0n) is 10.9. The lowest BCUT2D eigenvalue weighted by atomic mass is 9.98. The molecule has 0 aliphatic carbocycles. The van der Waals surface area contributed by atoms with Crippen LogP contribution in [-0.2, 0) is 12.0 Å². The van der Waals surface area contributed by atoms with Gasteiger partial charge in [0.1, 0.15) is 0 Å². The molecule has 1 heterocycles. The molecule has 0 unspecified atom stereocenters. The highest BCUT2D eigenvalue weighted by Crippen LogP contribution is 2.26. The summed E-state index contributed by atoms with van der Waals surface area (Å²) in [6, 6.07) is 0. The number of hydrogen-bond donors (Lipinski definition) is 1. The Morgan fingerprint density at radius 1 is 1.28 bits per heavy atom. The topological polar surface area (TPSA) is 24.9 Å². The number of hydrogen-bond acceptors (Lipinski definition) is 3. The molecule has 0 amide bonds. The number of aromatic nitrogens is 1. The monoisotopic (exact) mass is 280 g/mol. The van der Waals surface area contributed by atoms with E-state index < -0.39 is 12.6 Å². The largest absolute Gasteiger partial charge is 0.389 e.